The lowest BCUT2D eigenvalue weighted by Gasteiger charge is -2.20. The third-order valence-electron chi connectivity index (χ3n) is 3.97. The van der Waals surface area contributed by atoms with Crippen molar-refractivity contribution in [3.63, 3.8) is 0 Å². The van der Waals surface area contributed by atoms with Gasteiger partial charge in [0.15, 0.2) is 11.5 Å². The SMILES string of the molecule is C=C(C=O)[C@H](Cc1ccccc1)c1cc(C)c(OC)c(OC)c1. The van der Waals surface area contributed by atoms with E-state index < -0.39 is 0 Å². The van der Waals surface area contributed by atoms with Gasteiger partial charge < -0.3 is 9.47 Å². The molecule has 0 aliphatic heterocycles. The van der Waals surface area contributed by atoms with Gasteiger partial charge in [0.2, 0.25) is 0 Å². The maximum atomic E-state index is 11.3. The van der Waals surface area contributed by atoms with Gasteiger partial charge in [-0.25, -0.2) is 0 Å². The Kier molecular flexibility index (Phi) is 5.58. The molecule has 0 aliphatic rings. The molecule has 23 heavy (non-hydrogen) atoms. The third-order valence-corrected chi connectivity index (χ3v) is 3.97. The lowest BCUT2D eigenvalue weighted by molar-refractivity contribution is -0.105. The molecule has 2 aromatic carbocycles. The Morgan fingerprint density at radius 3 is 2.43 bits per heavy atom. The first-order valence-electron chi connectivity index (χ1n) is 7.51. The fourth-order valence-electron chi connectivity index (χ4n) is 2.78. The Labute approximate surface area is 137 Å². The molecule has 2 aromatic rings. The Hall–Kier alpha value is -2.55. The van der Waals surface area contributed by atoms with Gasteiger partial charge in [-0.05, 0) is 41.7 Å². The van der Waals surface area contributed by atoms with Crippen molar-refractivity contribution >= 4 is 6.29 Å². The molecule has 0 radical (unpaired) electrons. The second-order valence-electron chi connectivity index (χ2n) is 5.51. The number of carbonyl (C=O) groups excluding carboxylic acids is 1. The maximum absolute atomic E-state index is 11.3. The lowest BCUT2D eigenvalue weighted by Crippen LogP contribution is -2.08. The van der Waals surface area contributed by atoms with E-state index >= 15 is 0 Å². The number of aldehydes is 1. The van der Waals surface area contributed by atoms with Crippen LogP contribution in [0, 0.1) is 6.92 Å². The quantitative estimate of drug-likeness (QED) is 0.570. The summed E-state index contributed by atoms with van der Waals surface area (Å²) in [6.45, 7) is 5.90. The van der Waals surface area contributed by atoms with Crippen molar-refractivity contribution in [1.29, 1.82) is 0 Å². The number of hydrogen-bond donors (Lipinski definition) is 0. The summed E-state index contributed by atoms with van der Waals surface area (Å²) in [5.74, 6) is 1.29. The van der Waals surface area contributed by atoms with Crippen LogP contribution in [-0.4, -0.2) is 20.5 Å². The zero-order valence-electron chi connectivity index (χ0n) is 13.8. The van der Waals surface area contributed by atoms with Crippen LogP contribution in [0.25, 0.3) is 0 Å². The van der Waals surface area contributed by atoms with Crippen LogP contribution in [0.1, 0.15) is 22.6 Å². The summed E-state index contributed by atoms with van der Waals surface area (Å²) < 4.78 is 10.8. The Morgan fingerprint density at radius 1 is 1.17 bits per heavy atom. The van der Waals surface area contributed by atoms with Gasteiger partial charge in [-0.2, -0.15) is 0 Å². The van der Waals surface area contributed by atoms with Gasteiger partial charge >= 0.3 is 0 Å². The number of carbonyl (C=O) groups is 1. The molecule has 120 valence electrons. The monoisotopic (exact) mass is 310 g/mol. The van der Waals surface area contributed by atoms with Gasteiger partial charge in [0.05, 0.1) is 14.2 Å². The van der Waals surface area contributed by atoms with Gasteiger partial charge in [-0.3, -0.25) is 4.79 Å². The number of methoxy groups -OCH3 is 2. The highest BCUT2D eigenvalue weighted by atomic mass is 16.5. The lowest BCUT2D eigenvalue weighted by atomic mass is 9.86. The largest absolute Gasteiger partial charge is 0.493 e. The second-order valence-corrected chi connectivity index (χ2v) is 5.51. The van der Waals surface area contributed by atoms with Crippen molar-refractivity contribution in [1.82, 2.24) is 0 Å². The number of benzene rings is 2. The number of rotatable bonds is 7. The highest BCUT2D eigenvalue weighted by molar-refractivity contribution is 5.75. The molecule has 0 bridgehead atoms. The first-order valence-corrected chi connectivity index (χ1v) is 7.51. The minimum atomic E-state index is -0.0894. The van der Waals surface area contributed by atoms with Crippen molar-refractivity contribution in [3.05, 3.63) is 71.3 Å². The molecule has 0 saturated heterocycles. The Morgan fingerprint density at radius 2 is 1.87 bits per heavy atom. The standard InChI is InChI=1S/C20H22O3/c1-14-10-17(12-19(22-3)20(14)23-4)18(15(2)13-21)11-16-8-6-5-7-9-16/h5-10,12-13,18H,2,11H2,1,3-4H3/t18-/m0/s1. The average Bonchev–Trinajstić information content (AvgIpc) is 2.59. The van der Waals surface area contributed by atoms with E-state index in [0.717, 1.165) is 23.0 Å². The van der Waals surface area contributed by atoms with Crippen molar-refractivity contribution in [2.45, 2.75) is 19.3 Å². The molecule has 3 nitrogen and oxygen atoms in total. The van der Waals surface area contributed by atoms with Crippen LogP contribution in [0.2, 0.25) is 0 Å². The zero-order chi connectivity index (χ0) is 16.8. The van der Waals surface area contributed by atoms with Crippen molar-refractivity contribution in [3.8, 4) is 11.5 Å². The van der Waals surface area contributed by atoms with Gasteiger partial charge in [-0.1, -0.05) is 43.0 Å². The summed E-state index contributed by atoms with van der Waals surface area (Å²) in [4.78, 5) is 11.3. The van der Waals surface area contributed by atoms with Crippen LogP contribution in [-0.2, 0) is 11.2 Å². The van der Waals surface area contributed by atoms with E-state index in [-0.39, 0.29) is 5.92 Å². The van der Waals surface area contributed by atoms with Gasteiger partial charge in [0.25, 0.3) is 0 Å². The van der Waals surface area contributed by atoms with Crippen LogP contribution in [0.3, 0.4) is 0 Å². The molecule has 1 atom stereocenters. The summed E-state index contributed by atoms with van der Waals surface area (Å²) in [5, 5.41) is 0. The van der Waals surface area contributed by atoms with E-state index in [4.69, 9.17) is 9.47 Å². The molecule has 0 spiro atoms. The van der Waals surface area contributed by atoms with Crippen LogP contribution < -0.4 is 9.47 Å². The Bertz CT molecular complexity index is 690. The number of allylic oxidation sites excluding steroid dienone is 1. The highest BCUT2D eigenvalue weighted by Crippen LogP contribution is 2.37. The Balaban J connectivity index is 2.45. The summed E-state index contributed by atoms with van der Waals surface area (Å²) in [6.07, 6.45) is 1.55. The van der Waals surface area contributed by atoms with Gasteiger partial charge in [0, 0.05) is 5.92 Å². The molecule has 3 heteroatoms. The van der Waals surface area contributed by atoms with Crippen molar-refractivity contribution < 1.29 is 14.3 Å². The fourth-order valence-corrected chi connectivity index (χ4v) is 2.78. The summed E-state index contributed by atoms with van der Waals surface area (Å²) in [5.41, 5.74) is 3.69. The molecule has 0 unspecified atom stereocenters. The minimum absolute atomic E-state index is 0.0894. The van der Waals surface area contributed by atoms with Crippen LogP contribution in [0.15, 0.2) is 54.6 Å². The summed E-state index contributed by atoms with van der Waals surface area (Å²) in [6, 6.07) is 14.0. The first kappa shape index (κ1) is 16.8. The maximum Gasteiger partial charge on any atom is 0.163 e. The molecular formula is C20H22O3. The van der Waals surface area contributed by atoms with E-state index in [1.807, 2.05) is 37.3 Å². The van der Waals surface area contributed by atoms with E-state index in [2.05, 4.69) is 18.7 Å². The van der Waals surface area contributed by atoms with E-state index in [1.165, 1.54) is 0 Å². The molecule has 0 fully saturated rings. The predicted molar refractivity (Wildman–Crippen MR) is 92.4 cm³/mol. The molecule has 0 amide bonds. The fraction of sp³-hybridized carbons (Fsp3) is 0.250. The molecule has 0 heterocycles. The molecule has 0 saturated carbocycles. The zero-order valence-corrected chi connectivity index (χ0v) is 13.8. The van der Waals surface area contributed by atoms with Crippen LogP contribution in [0.4, 0.5) is 0 Å². The molecule has 0 aliphatic carbocycles. The topological polar surface area (TPSA) is 35.5 Å². The summed E-state index contributed by atoms with van der Waals surface area (Å²) >= 11 is 0. The molecule has 0 N–H and O–H groups in total. The predicted octanol–water partition coefficient (Wildman–Crippen LogP) is 4.09. The van der Waals surface area contributed by atoms with Crippen molar-refractivity contribution in [2.75, 3.05) is 14.2 Å². The third kappa shape index (κ3) is 3.81. The molecule has 2 rings (SSSR count). The smallest absolute Gasteiger partial charge is 0.163 e. The molecule has 0 aromatic heterocycles. The average molecular weight is 310 g/mol. The van der Waals surface area contributed by atoms with E-state index in [0.29, 0.717) is 23.5 Å². The minimum Gasteiger partial charge on any atom is -0.493 e. The number of ether oxygens (including phenoxy) is 2. The normalized spacial score (nSPS) is 11.6. The highest BCUT2D eigenvalue weighted by Gasteiger charge is 2.19. The molecular weight excluding hydrogens is 288 g/mol. The van der Waals surface area contributed by atoms with Crippen molar-refractivity contribution in [2.24, 2.45) is 0 Å². The van der Waals surface area contributed by atoms with Gasteiger partial charge in [0.1, 0.15) is 6.29 Å². The summed E-state index contributed by atoms with van der Waals surface area (Å²) in [7, 11) is 3.23. The van der Waals surface area contributed by atoms with E-state index in [9.17, 15) is 4.79 Å². The first-order chi connectivity index (χ1) is 11.1. The van der Waals surface area contributed by atoms with Crippen LogP contribution >= 0.6 is 0 Å². The number of hydrogen-bond acceptors (Lipinski definition) is 3. The van der Waals surface area contributed by atoms with E-state index in [1.54, 1.807) is 14.2 Å². The van der Waals surface area contributed by atoms with Gasteiger partial charge in [-0.15, -0.1) is 0 Å². The number of aryl methyl sites for hydroxylation is 1. The second kappa shape index (κ2) is 7.63. The van der Waals surface area contributed by atoms with Crippen LogP contribution in [0.5, 0.6) is 11.5 Å².